The summed E-state index contributed by atoms with van der Waals surface area (Å²) in [5, 5.41) is 11.5. The molecule has 0 aliphatic carbocycles. The Morgan fingerprint density at radius 2 is 1.94 bits per heavy atom. The molecule has 2 atom stereocenters. The Balaban J connectivity index is 1.28. The number of thiophene rings is 1. The van der Waals surface area contributed by atoms with E-state index in [0.717, 1.165) is 0 Å². The number of carbonyl (C=O) groups is 3. The highest BCUT2D eigenvalue weighted by molar-refractivity contribution is 7.14. The van der Waals surface area contributed by atoms with Gasteiger partial charge in [-0.2, -0.15) is 11.3 Å². The molecule has 13 heteroatoms. The van der Waals surface area contributed by atoms with Gasteiger partial charge in [0.2, 0.25) is 0 Å². The molecule has 5 rings (SSSR count). The highest BCUT2D eigenvalue weighted by atomic mass is 32.1. The summed E-state index contributed by atoms with van der Waals surface area (Å²) in [5.41, 5.74) is 2.00. The smallest absolute Gasteiger partial charge is 0.318 e. The number of anilines is 1. The van der Waals surface area contributed by atoms with Crippen molar-refractivity contribution < 1.29 is 23.9 Å². The van der Waals surface area contributed by atoms with Crippen molar-refractivity contribution in [2.45, 2.75) is 12.1 Å². The molecule has 2 saturated heterocycles. The molecule has 188 valence electrons. The first kappa shape index (κ1) is 24.3. The van der Waals surface area contributed by atoms with Gasteiger partial charge in [0.15, 0.2) is 5.13 Å². The van der Waals surface area contributed by atoms with Gasteiger partial charge in [0.05, 0.1) is 25.5 Å². The molecular weight excluding hydrogens is 504 g/mol. The number of aromatic nitrogens is 2. The number of urea groups is 1. The molecule has 2 aliphatic rings. The van der Waals surface area contributed by atoms with E-state index in [1.807, 2.05) is 29.0 Å². The Labute approximate surface area is 215 Å². The number of nitrogens with zero attached hydrogens (tertiary/aromatic N) is 4. The fourth-order valence-corrected chi connectivity index (χ4v) is 5.30. The van der Waals surface area contributed by atoms with Crippen molar-refractivity contribution in [1.82, 2.24) is 25.1 Å². The van der Waals surface area contributed by atoms with Crippen molar-refractivity contribution in [2.24, 2.45) is 0 Å². The SMILES string of the molecule is O=C(Nc1nc(-c2ccccn2)cs1)C1COCN1C(=O)C(NC(=O)N1CCOCC1)c1ccsc1. The summed E-state index contributed by atoms with van der Waals surface area (Å²) in [7, 11) is 0. The molecule has 2 unspecified atom stereocenters. The van der Waals surface area contributed by atoms with Gasteiger partial charge in [0.1, 0.15) is 24.5 Å². The summed E-state index contributed by atoms with van der Waals surface area (Å²) in [6.07, 6.45) is 1.67. The fourth-order valence-electron chi connectivity index (χ4n) is 3.90. The number of ether oxygens (including phenoxy) is 2. The predicted molar refractivity (Wildman–Crippen MR) is 133 cm³/mol. The van der Waals surface area contributed by atoms with Gasteiger partial charge >= 0.3 is 6.03 Å². The second kappa shape index (κ2) is 11.1. The lowest BCUT2D eigenvalue weighted by molar-refractivity contribution is -0.139. The van der Waals surface area contributed by atoms with Crippen LogP contribution in [-0.2, 0) is 19.1 Å². The Bertz CT molecular complexity index is 1200. The number of carbonyl (C=O) groups excluding carboxylic acids is 3. The van der Waals surface area contributed by atoms with E-state index in [4.69, 9.17) is 9.47 Å². The zero-order valence-corrected chi connectivity index (χ0v) is 20.8. The van der Waals surface area contributed by atoms with Crippen molar-refractivity contribution >= 4 is 45.7 Å². The highest BCUT2D eigenvalue weighted by Crippen LogP contribution is 2.26. The summed E-state index contributed by atoms with van der Waals surface area (Å²) in [5.74, 6) is -0.827. The zero-order chi connectivity index (χ0) is 24.9. The van der Waals surface area contributed by atoms with Crippen LogP contribution in [0.5, 0.6) is 0 Å². The van der Waals surface area contributed by atoms with Crippen LogP contribution in [-0.4, -0.2) is 83.3 Å². The lowest BCUT2D eigenvalue weighted by Gasteiger charge is -2.31. The normalized spacial score (nSPS) is 18.6. The predicted octanol–water partition coefficient (Wildman–Crippen LogP) is 2.17. The summed E-state index contributed by atoms with van der Waals surface area (Å²) in [4.78, 5) is 51.3. The van der Waals surface area contributed by atoms with Crippen LogP contribution in [0.3, 0.4) is 0 Å². The van der Waals surface area contributed by atoms with Crippen LogP contribution in [0.15, 0.2) is 46.6 Å². The minimum atomic E-state index is -0.945. The van der Waals surface area contributed by atoms with E-state index in [-0.39, 0.29) is 19.4 Å². The fraction of sp³-hybridized carbons (Fsp3) is 0.348. The Morgan fingerprint density at radius 1 is 1.08 bits per heavy atom. The van der Waals surface area contributed by atoms with Gasteiger partial charge in [-0.25, -0.2) is 9.78 Å². The number of nitrogens with one attached hydrogen (secondary N) is 2. The van der Waals surface area contributed by atoms with E-state index in [9.17, 15) is 14.4 Å². The summed E-state index contributed by atoms with van der Waals surface area (Å²) in [6.45, 7) is 1.79. The third kappa shape index (κ3) is 5.38. The standard InChI is InChI=1S/C23H24N6O5S2/c30-20(27-22-25-17(13-36-22)16-3-1-2-5-24-16)18-11-34-14-29(18)21(31)19(15-4-10-35-12-15)26-23(32)28-6-8-33-9-7-28/h1-5,10,12-13,18-19H,6-9,11,14H2,(H,26,32)(H,25,27,30). The first-order valence-corrected chi connectivity index (χ1v) is 13.1. The summed E-state index contributed by atoms with van der Waals surface area (Å²) < 4.78 is 10.8. The average Bonchev–Trinajstić information content (AvgIpc) is 3.70. The van der Waals surface area contributed by atoms with E-state index in [1.54, 1.807) is 22.5 Å². The maximum absolute atomic E-state index is 13.6. The number of hydrogen-bond acceptors (Lipinski definition) is 9. The van der Waals surface area contributed by atoms with Gasteiger partial charge in [0, 0.05) is 24.7 Å². The molecule has 3 aromatic rings. The van der Waals surface area contributed by atoms with Crippen LogP contribution in [0.1, 0.15) is 11.6 Å². The van der Waals surface area contributed by atoms with Crippen molar-refractivity contribution in [3.63, 3.8) is 0 Å². The van der Waals surface area contributed by atoms with Gasteiger partial charge in [-0.05, 0) is 34.5 Å². The monoisotopic (exact) mass is 528 g/mol. The van der Waals surface area contributed by atoms with Crippen LogP contribution >= 0.6 is 22.7 Å². The van der Waals surface area contributed by atoms with Gasteiger partial charge in [-0.1, -0.05) is 6.07 Å². The van der Waals surface area contributed by atoms with Crippen molar-refractivity contribution in [2.75, 3.05) is 45.0 Å². The van der Waals surface area contributed by atoms with Gasteiger partial charge in [-0.15, -0.1) is 11.3 Å². The Kier molecular flexibility index (Phi) is 7.51. The summed E-state index contributed by atoms with van der Waals surface area (Å²) in [6, 6.07) is 5.14. The molecule has 4 amide bonds. The van der Waals surface area contributed by atoms with E-state index >= 15 is 0 Å². The van der Waals surface area contributed by atoms with E-state index < -0.39 is 23.9 Å². The lowest BCUT2D eigenvalue weighted by atomic mass is 10.1. The molecule has 0 saturated carbocycles. The Hall–Kier alpha value is -3.39. The summed E-state index contributed by atoms with van der Waals surface area (Å²) >= 11 is 2.69. The zero-order valence-electron chi connectivity index (χ0n) is 19.2. The second-order valence-corrected chi connectivity index (χ2v) is 9.74. The van der Waals surface area contributed by atoms with E-state index in [0.29, 0.717) is 48.4 Å². The van der Waals surface area contributed by atoms with Gasteiger partial charge in [0.25, 0.3) is 11.8 Å². The molecule has 11 nitrogen and oxygen atoms in total. The molecule has 0 aromatic carbocycles. The molecule has 0 radical (unpaired) electrons. The molecule has 5 heterocycles. The number of morpholine rings is 1. The molecule has 3 aromatic heterocycles. The number of rotatable bonds is 6. The maximum atomic E-state index is 13.6. The quantitative estimate of drug-likeness (QED) is 0.502. The molecule has 2 fully saturated rings. The molecular formula is C23H24N6O5S2. The van der Waals surface area contributed by atoms with Crippen molar-refractivity contribution in [3.05, 3.63) is 52.2 Å². The second-order valence-electron chi connectivity index (χ2n) is 8.10. The lowest BCUT2D eigenvalue weighted by Crippen LogP contribution is -2.52. The third-order valence-corrected chi connectivity index (χ3v) is 7.28. The van der Waals surface area contributed by atoms with Crippen LogP contribution < -0.4 is 10.6 Å². The third-order valence-electron chi connectivity index (χ3n) is 5.82. The average molecular weight is 529 g/mol. The molecule has 36 heavy (non-hydrogen) atoms. The molecule has 0 bridgehead atoms. The maximum Gasteiger partial charge on any atom is 0.318 e. The van der Waals surface area contributed by atoms with Crippen molar-refractivity contribution in [3.8, 4) is 11.4 Å². The molecule has 2 aliphatic heterocycles. The number of pyridine rings is 1. The minimum absolute atomic E-state index is 0.0455. The minimum Gasteiger partial charge on any atom is -0.378 e. The number of amides is 4. The molecule has 0 spiro atoms. The Morgan fingerprint density at radius 3 is 2.69 bits per heavy atom. The molecule has 2 N–H and O–H groups in total. The number of hydrogen-bond donors (Lipinski definition) is 2. The van der Waals surface area contributed by atoms with E-state index in [2.05, 4.69) is 20.6 Å². The van der Waals surface area contributed by atoms with Crippen molar-refractivity contribution in [1.29, 1.82) is 0 Å². The van der Waals surface area contributed by atoms with Crippen LogP contribution in [0.4, 0.5) is 9.93 Å². The van der Waals surface area contributed by atoms with Crippen LogP contribution in [0, 0.1) is 0 Å². The highest BCUT2D eigenvalue weighted by Gasteiger charge is 2.40. The largest absolute Gasteiger partial charge is 0.378 e. The van der Waals surface area contributed by atoms with Crippen LogP contribution in [0.2, 0.25) is 0 Å². The van der Waals surface area contributed by atoms with Gasteiger partial charge < -0.3 is 29.9 Å². The van der Waals surface area contributed by atoms with Gasteiger partial charge in [-0.3, -0.25) is 14.6 Å². The van der Waals surface area contributed by atoms with E-state index in [1.165, 1.54) is 27.6 Å². The number of thiazole rings is 1. The first-order chi connectivity index (χ1) is 17.6. The topological polar surface area (TPSA) is 126 Å². The van der Waals surface area contributed by atoms with Crippen LogP contribution in [0.25, 0.3) is 11.4 Å². The first-order valence-electron chi connectivity index (χ1n) is 11.3.